The first-order chi connectivity index (χ1) is 50.6. The van der Waals surface area contributed by atoms with Crippen molar-refractivity contribution in [1.29, 1.82) is 0 Å². The number of ether oxygens (including phenoxy) is 3. The SMILES string of the molecule is CCCCCC(=O)C=C[C@H]1CCCC(=O)N1CCCCSCC(=O)O.CCCOCC(O)C=C[C@H]1CCCC(=O)N1CCCCOCC(=O)O.O=C(O)COCCCCN1C(=O)CCC[C@@H]1C=CC(O)Cc1ccccc1.O=C(O)CSCCCCN1C(=O)CCC[C@@H]1C=CC(O)Cc1ccc(Cl)cc1. The lowest BCUT2D eigenvalue weighted by Crippen LogP contribution is -2.43. The van der Waals surface area contributed by atoms with Crippen LogP contribution in [-0.4, -0.2) is 240 Å². The maximum atomic E-state index is 12.3. The standard InChI is InChI=1S/C21H28ClNO4S.C21H29NO5.C19H31NO4S.C18H31NO6/c22-17-8-6-16(7-9-17)14-19(24)11-10-18-4-3-5-20(25)23(18)12-1-2-13-28-15-21(26)27;23-19(15-17-7-2-1-3-8-17)12-11-18-9-6-10-20(24)22(18)13-4-5-14-27-16-21(25)26;1-2-3-4-9-17(21)12-11-16-8-7-10-18(22)20(16)13-5-6-14-25-15-19(23)24;1-2-11-24-13-16(20)9-8-15-6-5-7-17(21)19(15)10-3-4-12-25-14-18(22)23/h6-11,18-19,24H,1-5,12-15H2,(H,26,27);1-3,7-8,11-12,18-19,23H,4-6,9-10,13-16H2,(H,25,26);11-12,16H,2-10,13-15H2,1H3,(H,23,24);8-9,15-16,20H,2-7,10-14H2,1H3,(H,22,23)/t2*18-,19?;16-;15-,16?/m1111/s1. The molecule has 0 saturated carbocycles. The number of nitrogens with zero attached hydrogens (tertiary/aromatic N) is 4. The summed E-state index contributed by atoms with van der Waals surface area (Å²) < 4.78 is 15.3. The van der Waals surface area contributed by atoms with Gasteiger partial charge >= 0.3 is 23.9 Å². The van der Waals surface area contributed by atoms with E-state index in [1.807, 2.05) is 105 Å². The van der Waals surface area contributed by atoms with Gasteiger partial charge in [0.15, 0.2) is 5.78 Å². The predicted molar refractivity (Wildman–Crippen MR) is 411 cm³/mol. The van der Waals surface area contributed by atoms with Crippen molar-refractivity contribution >= 4 is 88.4 Å². The molecule has 4 aliphatic rings. The molecule has 4 aliphatic heterocycles. The lowest BCUT2D eigenvalue weighted by Gasteiger charge is -2.34. The topological polar surface area (TPSA) is 336 Å². The van der Waals surface area contributed by atoms with Crippen LogP contribution < -0.4 is 0 Å². The van der Waals surface area contributed by atoms with E-state index >= 15 is 0 Å². The lowest BCUT2D eigenvalue weighted by atomic mass is 9.99. The Balaban J connectivity index is 0.000000364. The molecule has 0 spiro atoms. The molecule has 105 heavy (non-hydrogen) atoms. The summed E-state index contributed by atoms with van der Waals surface area (Å²) in [6.07, 6.45) is 34.3. The average Bonchev–Trinajstić information content (AvgIpc) is 0.877. The molecule has 2 aromatic rings. The maximum absolute atomic E-state index is 12.3. The third-order valence-corrected chi connectivity index (χ3v) is 19.9. The number of carbonyl (C=O) groups excluding carboxylic acids is 5. The normalized spacial score (nSPS) is 18.7. The predicted octanol–water partition coefficient (Wildman–Crippen LogP) is 11.5. The zero-order valence-electron chi connectivity index (χ0n) is 61.9. The van der Waals surface area contributed by atoms with Gasteiger partial charge in [-0.2, -0.15) is 23.5 Å². The summed E-state index contributed by atoms with van der Waals surface area (Å²) in [7, 11) is 0. The molecule has 7 N–H and O–H groups in total. The second-order valence-corrected chi connectivity index (χ2v) is 29.2. The molecule has 6 rings (SSSR count). The van der Waals surface area contributed by atoms with Crippen LogP contribution in [0.2, 0.25) is 5.02 Å². The fourth-order valence-corrected chi connectivity index (χ4v) is 13.8. The van der Waals surface area contributed by atoms with E-state index in [9.17, 15) is 58.5 Å². The van der Waals surface area contributed by atoms with E-state index in [1.165, 1.54) is 23.5 Å². The molecule has 4 heterocycles. The second-order valence-electron chi connectivity index (χ2n) is 26.5. The largest absolute Gasteiger partial charge is 0.481 e. The number of likely N-dealkylation sites (tertiary alicyclic amines) is 4. The highest BCUT2D eigenvalue weighted by atomic mass is 35.5. The molecule has 26 heteroatoms. The minimum atomic E-state index is -0.974. The molecule has 0 aliphatic carbocycles. The highest BCUT2D eigenvalue weighted by molar-refractivity contribution is 8.00. The quantitative estimate of drug-likeness (QED) is 0.0184. The molecule has 7 atom stereocenters. The Labute approximate surface area is 635 Å². The summed E-state index contributed by atoms with van der Waals surface area (Å²) in [5.74, 6) is -0.946. The van der Waals surface area contributed by atoms with Crippen molar-refractivity contribution in [3.8, 4) is 0 Å². The summed E-state index contributed by atoms with van der Waals surface area (Å²) in [6, 6.07) is 17.3. The van der Waals surface area contributed by atoms with Gasteiger partial charge in [0.25, 0.3) is 0 Å². The van der Waals surface area contributed by atoms with Gasteiger partial charge in [-0.15, -0.1) is 0 Å². The molecule has 2 aromatic carbocycles. The van der Waals surface area contributed by atoms with Crippen molar-refractivity contribution in [2.24, 2.45) is 0 Å². The Morgan fingerprint density at radius 1 is 0.467 bits per heavy atom. The molecule has 4 amide bonds. The average molecular weight is 1530 g/mol. The number of carboxylic acid groups (broad SMARTS) is 4. The molecular formula is C79H119ClN4O19S2. The van der Waals surface area contributed by atoms with E-state index < -0.39 is 42.2 Å². The van der Waals surface area contributed by atoms with E-state index in [4.69, 9.17) is 46.2 Å². The number of hydrogen-bond acceptors (Lipinski definition) is 17. The molecule has 4 fully saturated rings. The number of rotatable bonds is 48. The minimum absolute atomic E-state index is 0.00186. The van der Waals surface area contributed by atoms with Gasteiger partial charge in [0.1, 0.15) is 13.2 Å². The Morgan fingerprint density at radius 2 is 0.857 bits per heavy atom. The molecule has 588 valence electrons. The summed E-state index contributed by atoms with van der Waals surface area (Å²) >= 11 is 8.70. The van der Waals surface area contributed by atoms with Crippen LogP contribution in [-0.2, 0) is 70.2 Å². The third-order valence-electron chi connectivity index (χ3n) is 17.6. The van der Waals surface area contributed by atoms with Crippen molar-refractivity contribution < 1.29 is 93.1 Å². The summed E-state index contributed by atoms with van der Waals surface area (Å²) in [6.45, 7) is 7.82. The van der Waals surface area contributed by atoms with Crippen LogP contribution in [0.5, 0.6) is 0 Å². The highest BCUT2D eigenvalue weighted by Crippen LogP contribution is 2.25. The minimum Gasteiger partial charge on any atom is -0.481 e. The summed E-state index contributed by atoms with van der Waals surface area (Å²) in [5.41, 5.74) is 2.09. The molecule has 0 aromatic heterocycles. The number of aliphatic hydroxyl groups is 3. The number of aliphatic hydroxyl groups excluding tert-OH is 3. The van der Waals surface area contributed by atoms with Crippen LogP contribution in [0.1, 0.15) is 185 Å². The van der Waals surface area contributed by atoms with Crippen LogP contribution in [0.3, 0.4) is 0 Å². The fourth-order valence-electron chi connectivity index (χ4n) is 12.2. The van der Waals surface area contributed by atoms with Gasteiger partial charge in [-0.1, -0.05) is 123 Å². The number of benzene rings is 2. The van der Waals surface area contributed by atoms with Crippen LogP contribution in [0.15, 0.2) is 103 Å². The van der Waals surface area contributed by atoms with Crippen LogP contribution in [0, 0.1) is 0 Å². The number of allylic oxidation sites excluding steroid dienone is 1. The molecule has 23 nitrogen and oxygen atoms in total. The number of unbranched alkanes of at least 4 members (excludes halogenated alkanes) is 6. The van der Waals surface area contributed by atoms with Gasteiger partial charge in [0.2, 0.25) is 23.6 Å². The number of halogens is 1. The van der Waals surface area contributed by atoms with Gasteiger partial charge in [-0.3, -0.25) is 33.6 Å². The molecule has 0 radical (unpaired) electrons. The summed E-state index contributed by atoms with van der Waals surface area (Å²) in [5, 5.41) is 65.4. The van der Waals surface area contributed by atoms with E-state index in [0.717, 1.165) is 138 Å². The van der Waals surface area contributed by atoms with E-state index in [-0.39, 0.29) is 84.9 Å². The number of ketones is 1. The molecule has 4 saturated heterocycles. The van der Waals surface area contributed by atoms with Crippen molar-refractivity contribution in [1.82, 2.24) is 19.6 Å². The number of hydrogen-bond donors (Lipinski definition) is 7. The fraction of sp³-hybridized carbons (Fsp3) is 0.633. The van der Waals surface area contributed by atoms with Gasteiger partial charge in [-0.05, 0) is 156 Å². The second kappa shape index (κ2) is 57.7. The van der Waals surface area contributed by atoms with Crippen LogP contribution in [0.25, 0.3) is 0 Å². The van der Waals surface area contributed by atoms with E-state index in [2.05, 4.69) is 6.92 Å². The number of thioether (sulfide) groups is 2. The number of carbonyl (C=O) groups is 9. The van der Waals surface area contributed by atoms with Crippen molar-refractivity contribution in [2.45, 2.75) is 230 Å². The Hall–Kier alpha value is -6.42. The van der Waals surface area contributed by atoms with E-state index in [1.54, 1.807) is 24.3 Å². The van der Waals surface area contributed by atoms with Crippen LogP contribution in [0.4, 0.5) is 0 Å². The van der Waals surface area contributed by atoms with Crippen molar-refractivity contribution in [3.05, 3.63) is 119 Å². The van der Waals surface area contributed by atoms with E-state index in [0.29, 0.717) is 109 Å². The van der Waals surface area contributed by atoms with Gasteiger partial charge in [0.05, 0.1) is 60.6 Å². The number of carboxylic acids is 4. The maximum Gasteiger partial charge on any atom is 0.329 e. The van der Waals surface area contributed by atoms with Crippen LogP contribution >= 0.6 is 35.1 Å². The lowest BCUT2D eigenvalue weighted by molar-refractivity contribution is -0.143. The molecular weight excluding hydrogens is 1410 g/mol. The van der Waals surface area contributed by atoms with Gasteiger partial charge < -0.3 is 69.6 Å². The number of piperidine rings is 4. The van der Waals surface area contributed by atoms with Gasteiger partial charge in [-0.25, -0.2) is 9.59 Å². The van der Waals surface area contributed by atoms with Crippen molar-refractivity contribution in [2.75, 3.05) is 88.8 Å². The first-order valence-electron chi connectivity index (χ1n) is 37.6. The first-order valence-corrected chi connectivity index (χ1v) is 40.3. The zero-order chi connectivity index (χ0) is 76.8. The summed E-state index contributed by atoms with van der Waals surface area (Å²) in [4.78, 5) is 110. The Kier molecular flexibility index (Phi) is 51.0. The molecule has 3 unspecified atom stereocenters. The number of amides is 4. The number of aliphatic carboxylic acids is 4. The smallest absolute Gasteiger partial charge is 0.329 e. The first kappa shape index (κ1) is 92.8. The Morgan fingerprint density at radius 3 is 1.25 bits per heavy atom. The molecule has 0 bridgehead atoms. The Bertz CT molecular complexity index is 2940. The van der Waals surface area contributed by atoms with Crippen molar-refractivity contribution in [3.63, 3.8) is 0 Å². The monoisotopic (exact) mass is 1530 g/mol. The van der Waals surface area contributed by atoms with Gasteiger partial charge in [0, 0.05) is 96.0 Å². The zero-order valence-corrected chi connectivity index (χ0v) is 64.2. The highest BCUT2D eigenvalue weighted by Gasteiger charge is 2.30. The third kappa shape index (κ3) is 44.5.